The second-order valence-electron chi connectivity index (χ2n) is 7.40. The Labute approximate surface area is 206 Å². The SMILES string of the molecule is COc1cc(/C=C2/SC(=O)N(CC(=O)OC(C)C)C2=O)cc(Cl)c1OCc1ccccc1C#N. The minimum absolute atomic E-state index is 0.102. The minimum atomic E-state index is -0.664. The average Bonchev–Trinajstić information content (AvgIpc) is 3.04. The van der Waals surface area contributed by atoms with Crippen LogP contribution in [-0.4, -0.2) is 41.8 Å². The van der Waals surface area contributed by atoms with E-state index in [0.717, 1.165) is 16.7 Å². The number of carbonyl (C=O) groups excluding carboxylic acids is 3. The molecule has 8 nitrogen and oxygen atoms in total. The van der Waals surface area contributed by atoms with Gasteiger partial charge in [0.2, 0.25) is 0 Å². The van der Waals surface area contributed by atoms with Crippen LogP contribution in [0.25, 0.3) is 6.08 Å². The zero-order chi connectivity index (χ0) is 24.8. The van der Waals surface area contributed by atoms with E-state index in [0.29, 0.717) is 22.4 Å². The standard InChI is InChI=1S/C24H21ClN2O6S/c1-14(2)33-21(28)12-27-23(29)20(34-24(27)30)10-15-8-18(25)22(19(9-15)31-3)32-13-17-7-5-4-6-16(17)11-26/h4-10,14H,12-13H2,1-3H3/b20-10+. The number of benzene rings is 2. The molecule has 1 fully saturated rings. The monoisotopic (exact) mass is 500 g/mol. The van der Waals surface area contributed by atoms with Crippen molar-refractivity contribution in [2.75, 3.05) is 13.7 Å². The average molecular weight is 501 g/mol. The summed E-state index contributed by atoms with van der Waals surface area (Å²) in [5, 5.41) is 8.90. The molecule has 0 N–H and O–H groups in total. The zero-order valence-corrected chi connectivity index (χ0v) is 20.2. The summed E-state index contributed by atoms with van der Waals surface area (Å²) >= 11 is 7.14. The number of thioether (sulfide) groups is 1. The summed E-state index contributed by atoms with van der Waals surface area (Å²) in [6.07, 6.45) is 1.13. The fourth-order valence-corrected chi connectivity index (χ4v) is 4.20. The minimum Gasteiger partial charge on any atom is -0.493 e. The number of carbonyl (C=O) groups is 3. The van der Waals surface area contributed by atoms with Crippen LogP contribution in [0.15, 0.2) is 41.3 Å². The van der Waals surface area contributed by atoms with E-state index in [1.165, 1.54) is 13.2 Å². The van der Waals surface area contributed by atoms with Crippen LogP contribution in [0.5, 0.6) is 11.5 Å². The van der Waals surface area contributed by atoms with E-state index >= 15 is 0 Å². The summed E-state index contributed by atoms with van der Waals surface area (Å²) in [4.78, 5) is 37.8. The van der Waals surface area contributed by atoms with E-state index < -0.39 is 23.7 Å². The first kappa shape index (κ1) is 25.1. The first-order valence-corrected chi connectivity index (χ1v) is 11.4. The number of methoxy groups -OCH3 is 1. The zero-order valence-electron chi connectivity index (χ0n) is 18.7. The highest BCUT2D eigenvalue weighted by atomic mass is 35.5. The van der Waals surface area contributed by atoms with Gasteiger partial charge in [0.05, 0.1) is 34.8 Å². The summed E-state index contributed by atoms with van der Waals surface area (Å²) in [6, 6.07) is 12.3. The molecule has 0 spiro atoms. The molecule has 176 valence electrons. The molecule has 34 heavy (non-hydrogen) atoms. The smallest absolute Gasteiger partial charge is 0.326 e. The molecular weight excluding hydrogens is 480 g/mol. The fraction of sp³-hybridized carbons (Fsp3) is 0.250. The quantitative estimate of drug-likeness (QED) is 0.376. The Morgan fingerprint density at radius 1 is 1.26 bits per heavy atom. The molecule has 1 saturated heterocycles. The molecular formula is C24H21ClN2O6S. The van der Waals surface area contributed by atoms with Crippen molar-refractivity contribution in [3.8, 4) is 17.6 Å². The maximum Gasteiger partial charge on any atom is 0.326 e. The highest BCUT2D eigenvalue weighted by molar-refractivity contribution is 8.18. The molecule has 0 saturated carbocycles. The highest BCUT2D eigenvalue weighted by Crippen LogP contribution is 2.39. The highest BCUT2D eigenvalue weighted by Gasteiger charge is 2.36. The van der Waals surface area contributed by atoms with Gasteiger partial charge in [-0.3, -0.25) is 19.3 Å². The van der Waals surface area contributed by atoms with E-state index in [9.17, 15) is 19.6 Å². The first-order valence-electron chi connectivity index (χ1n) is 10.2. The lowest BCUT2D eigenvalue weighted by Gasteiger charge is -2.14. The summed E-state index contributed by atoms with van der Waals surface area (Å²) in [5.74, 6) is -0.673. The largest absolute Gasteiger partial charge is 0.493 e. The van der Waals surface area contributed by atoms with Gasteiger partial charge in [-0.25, -0.2) is 0 Å². The van der Waals surface area contributed by atoms with Gasteiger partial charge < -0.3 is 14.2 Å². The Morgan fingerprint density at radius 2 is 2.00 bits per heavy atom. The van der Waals surface area contributed by atoms with Crippen molar-refractivity contribution in [1.82, 2.24) is 4.90 Å². The van der Waals surface area contributed by atoms with E-state index in [1.54, 1.807) is 50.2 Å². The van der Waals surface area contributed by atoms with Crippen molar-refractivity contribution in [1.29, 1.82) is 5.26 Å². The predicted octanol–water partition coefficient (Wildman–Crippen LogP) is 4.79. The molecule has 2 aromatic carbocycles. The summed E-state index contributed by atoms with van der Waals surface area (Å²) < 4.78 is 16.2. The van der Waals surface area contributed by atoms with Gasteiger partial charge in [0.25, 0.3) is 11.1 Å². The number of esters is 1. The normalized spacial score (nSPS) is 14.5. The van der Waals surface area contributed by atoms with Crippen molar-refractivity contribution >= 4 is 46.6 Å². The number of hydrogen-bond acceptors (Lipinski definition) is 8. The van der Waals surface area contributed by atoms with Crippen molar-refractivity contribution in [2.24, 2.45) is 0 Å². The molecule has 0 aromatic heterocycles. The molecule has 1 heterocycles. The van der Waals surface area contributed by atoms with Gasteiger partial charge in [-0.05, 0) is 55.4 Å². The van der Waals surface area contributed by atoms with Crippen LogP contribution in [-0.2, 0) is 20.9 Å². The number of hydrogen-bond donors (Lipinski definition) is 0. The van der Waals surface area contributed by atoms with E-state index in [4.69, 9.17) is 25.8 Å². The Hall–Kier alpha value is -3.48. The molecule has 0 unspecified atom stereocenters. The van der Waals surface area contributed by atoms with Gasteiger partial charge in [0.15, 0.2) is 11.5 Å². The third-order valence-corrected chi connectivity index (χ3v) is 5.78. The number of imide groups is 1. The molecule has 2 amide bonds. The van der Waals surface area contributed by atoms with Crippen LogP contribution in [0.4, 0.5) is 4.79 Å². The van der Waals surface area contributed by atoms with Crippen molar-refractivity contribution in [3.05, 3.63) is 63.0 Å². The van der Waals surface area contributed by atoms with Crippen molar-refractivity contribution < 1.29 is 28.6 Å². The summed E-state index contributed by atoms with van der Waals surface area (Å²) in [6.45, 7) is 3.00. The molecule has 10 heteroatoms. The molecule has 0 radical (unpaired) electrons. The Balaban J connectivity index is 1.80. The number of nitrogens with zero attached hydrogens (tertiary/aromatic N) is 2. The van der Waals surface area contributed by atoms with Crippen molar-refractivity contribution in [3.63, 3.8) is 0 Å². The molecule has 0 aliphatic carbocycles. The lowest BCUT2D eigenvalue weighted by molar-refractivity contribution is -0.149. The number of rotatable bonds is 8. The molecule has 2 aromatic rings. The van der Waals surface area contributed by atoms with Gasteiger partial charge in [-0.15, -0.1) is 0 Å². The van der Waals surface area contributed by atoms with E-state index in [-0.39, 0.29) is 28.4 Å². The summed E-state index contributed by atoms with van der Waals surface area (Å²) in [5.41, 5.74) is 1.68. The summed E-state index contributed by atoms with van der Waals surface area (Å²) in [7, 11) is 1.44. The molecule has 3 rings (SSSR count). The van der Waals surface area contributed by atoms with Gasteiger partial charge in [0.1, 0.15) is 13.2 Å². The Morgan fingerprint density at radius 3 is 2.68 bits per heavy atom. The third kappa shape index (κ3) is 5.90. The van der Waals surface area contributed by atoms with Crippen LogP contribution in [0.2, 0.25) is 5.02 Å². The van der Waals surface area contributed by atoms with Gasteiger partial charge in [0, 0.05) is 5.56 Å². The van der Waals surface area contributed by atoms with E-state index in [1.807, 2.05) is 0 Å². The maximum absolute atomic E-state index is 12.7. The third-order valence-electron chi connectivity index (χ3n) is 4.59. The van der Waals surface area contributed by atoms with Crippen molar-refractivity contribution in [2.45, 2.75) is 26.6 Å². The number of halogens is 1. The lowest BCUT2D eigenvalue weighted by Crippen LogP contribution is -2.35. The van der Waals surface area contributed by atoms with Crippen LogP contribution in [0.3, 0.4) is 0 Å². The fourth-order valence-electron chi connectivity index (χ4n) is 3.09. The Bertz CT molecular complexity index is 1200. The second kappa shape index (κ2) is 11.1. The topological polar surface area (TPSA) is 106 Å². The van der Waals surface area contributed by atoms with E-state index in [2.05, 4.69) is 6.07 Å². The van der Waals surface area contributed by atoms with Gasteiger partial charge in [-0.2, -0.15) is 5.26 Å². The number of nitriles is 1. The lowest BCUT2D eigenvalue weighted by atomic mass is 10.1. The Kier molecular flexibility index (Phi) is 8.21. The second-order valence-corrected chi connectivity index (χ2v) is 8.80. The predicted molar refractivity (Wildman–Crippen MR) is 127 cm³/mol. The maximum atomic E-state index is 12.7. The van der Waals surface area contributed by atoms with Gasteiger partial charge >= 0.3 is 5.97 Å². The molecule has 1 aliphatic heterocycles. The molecule has 1 aliphatic rings. The van der Waals surface area contributed by atoms with Gasteiger partial charge in [-0.1, -0.05) is 29.8 Å². The van der Waals surface area contributed by atoms with Crippen LogP contribution < -0.4 is 9.47 Å². The van der Waals surface area contributed by atoms with Crippen LogP contribution >= 0.6 is 23.4 Å². The first-order chi connectivity index (χ1) is 16.2. The number of ether oxygens (including phenoxy) is 3. The van der Waals surface area contributed by atoms with Crippen LogP contribution in [0, 0.1) is 11.3 Å². The van der Waals surface area contributed by atoms with Crippen LogP contribution in [0.1, 0.15) is 30.5 Å². The number of amides is 2. The molecule has 0 bridgehead atoms. The molecule has 0 atom stereocenters.